The molecule has 0 unspecified atom stereocenters. The van der Waals surface area contributed by atoms with Gasteiger partial charge in [-0.2, -0.15) is 0 Å². The fourth-order valence-corrected chi connectivity index (χ4v) is 2.45. The van der Waals surface area contributed by atoms with E-state index in [2.05, 4.69) is 10.3 Å². The molecule has 1 aromatic heterocycles. The fraction of sp³-hybridized carbons (Fsp3) is 0.0556. The molecular weight excluding hydrogens is 366 g/mol. The van der Waals surface area contributed by atoms with Gasteiger partial charge in [0.15, 0.2) is 5.69 Å². The van der Waals surface area contributed by atoms with Crippen LogP contribution in [-0.4, -0.2) is 30.6 Å². The molecule has 0 fully saturated rings. The number of nitro groups is 2. The van der Waals surface area contributed by atoms with E-state index >= 15 is 0 Å². The molecular formula is C18H13N5O5. The summed E-state index contributed by atoms with van der Waals surface area (Å²) in [6.07, 6.45) is 4.19. The third-order valence-corrected chi connectivity index (χ3v) is 3.84. The molecule has 0 radical (unpaired) electrons. The van der Waals surface area contributed by atoms with E-state index in [-0.39, 0.29) is 23.6 Å². The maximum Gasteiger partial charge on any atom is 0.274 e. The van der Waals surface area contributed by atoms with Crippen LogP contribution in [0.4, 0.5) is 11.4 Å². The first kappa shape index (κ1) is 18.6. The summed E-state index contributed by atoms with van der Waals surface area (Å²) in [5, 5.41) is 29.3. The number of hydrogen-bond donors (Lipinski definition) is 0. The number of para-hydroxylation sites is 1. The zero-order chi connectivity index (χ0) is 20.1. The molecule has 1 heterocycles. The Morgan fingerprint density at radius 3 is 2.43 bits per heavy atom. The van der Waals surface area contributed by atoms with Crippen LogP contribution < -0.4 is 0 Å². The molecule has 0 saturated carbocycles. The number of allylic oxidation sites excluding steroid dienone is 1. The normalized spacial score (nSPS) is 10.9. The van der Waals surface area contributed by atoms with E-state index in [0.29, 0.717) is 11.1 Å². The Morgan fingerprint density at radius 1 is 1.04 bits per heavy atom. The molecule has 0 atom stereocenters. The number of ketones is 1. The van der Waals surface area contributed by atoms with Crippen LogP contribution >= 0.6 is 0 Å². The number of rotatable bonds is 7. The Balaban J connectivity index is 1.70. The molecule has 0 N–H and O–H groups in total. The van der Waals surface area contributed by atoms with Crippen LogP contribution in [0.5, 0.6) is 0 Å². The van der Waals surface area contributed by atoms with E-state index in [1.54, 1.807) is 18.2 Å². The van der Waals surface area contributed by atoms with Gasteiger partial charge in [-0.1, -0.05) is 29.5 Å². The van der Waals surface area contributed by atoms with E-state index < -0.39 is 15.6 Å². The Morgan fingerprint density at radius 2 is 1.75 bits per heavy atom. The molecule has 3 aromatic rings. The van der Waals surface area contributed by atoms with Crippen LogP contribution in [0.2, 0.25) is 0 Å². The maximum absolute atomic E-state index is 12.2. The second-order valence-corrected chi connectivity index (χ2v) is 5.73. The molecule has 10 heteroatoms. The summed E-state index contributed by atoms with van der Waals surface area (Å²) in [6, 6.07) is 12.0. The van der Waals surface area contributed by atoms with Gasteiger partial charge in [0.1, 0.15) is 0 Å². The van der Waals surface area contributed by atoms with Gasteiger partial charge in [0, 0.05) is 18.2 Å². The second-order valence-electron chi connectivity index (χ2n) is 5.73. The highest BCUT2D eigenvalue weighted by molar-refractivity contribution is 6.05. The van der Waals surface area contributed by atoms with Gasteiger partial charge in [-0.05, 0) is 23.8 Å². The van der Waals surface area contributed by atoms with Crippen molar-refractivity contribution >= 4 is 23.2 Å². The van der Waals surface area contributed by atoms with Crippen LogP contribution in [-0.2, 0) is 6.54 Å². The average molecular weight is 379 g/mol. The lowest BCUT2D eigenvalue weighted by Gasteiger charge is -2.01. The Kier molecular flexibility index (Phi) is 5.30. The number of hydrogen-bond acceptors (Lipinski definition) is 7. The predicted molar refractivity (Wildman–Crippen MR) is 98.7 cm³/mol. The van der Waals surface area contributed by atoms with Gasteiger partial charge >= 0.3 is 0 Å². The summed E-state index contributed by atoms with van der Waals surface area (Å²) in [4.78, 5) is 32.9. The lowest BCUT2D eigenvalue weighted by molar-refractivity contribution is -0.385. The average Bonchev–Trinajstić information content (AvgIpc) is 3.15. The zero-order valence-corrected chi connectivity index (χ0v) is 14.3. The third kappa shape index (κ3) is 4.30. The number of non-ortho nitro benzene ring substituents is 1. The van der Waals surface area contributed by atoms with Crippen molar-refractivity contribution in [2.75, 3.05) is 0 Å². The predicted octanol–water partition coefficient (Wildman–Crippen LogP) is 3.04. The SMILES string of the molecule is O=C(C=Cc1ccc([N+](=O)[O-])cc1)c1cn(Cc2ccccc2[N+](=O)[O-])nn1. The molecule has 2 aromatic carbocycles. The van der Waals surface area contributed by atoms with Crippen LogP contribution in [0.3, 0.4) is 0 Å². The smallest absolute Gasteiger partial charge is 0.274 e. The maximum atomic E-state index is 12.2. The van der Waals surface area contributed by atoms with Crippen LogP contribution in [0.25, 0.3) is 6.08 Å². The van der Waals surface area contributed by atoms with E-state index in [0.717, 1.165) is 0 Å². The van der Waals surface area contributed by atoms with Crippen LogP contribution in [0, 0.1) is 20.2 Å². The molecule has 0 bridgehead atoms. The zero-order valence-electron chi connectivity index (χ0n) is 14.3. The number of carbonyl (C=O) groups excluding carboxylic acids is 1. The highest BCUT2D eigenvalue weighted by Crippen LogP contribution is 2.18. The fourth-order valence-electron chi connectivity index (χ4n) is 2.45. The Hall–Kier alpha value is -4.21. The van der Waals surface area contributed by atoms with Crippen molar-refractivity contribution < 1.29 is 14.6 Å². The van der Waals surface area contributed by atoms with Crippen molar-refractivity contribution in [3.05, 3.63) is 97.9 Å². The Labute approximate surface area is 158 Å². The van der Waals surface area contributed by atoms with Gasteiger partial charge in [0.25, 0.3) is 11.4 Å². The monoisotopic (exact) mass is 379 g/mol. The molecule has 3 rings (SSSR count). The van der Waals surface area contributed by atoms with E-state index in [1.165, 1.54) is 53.4 Å². The van der Waals surface area contributed by atoms with Gasteiger partial charge in [-0.25, -0.2) is 4.68 Å². The lowest BCUT2D eigenvalue weighted by Crippen LogP contribution is -2.03. The number of nitrogens with zero attached hydrogens (tertiary/aromatic N) is 5. The summed E-state index contributed by atoms with van der Waals surface area (Å²) in [6.45, 7) is 0.101. The minimum Gasteiger partial charge on any atom is -0.287 e. The molecule has 0 saturated heterocycles. The first-order chi connectivity index (χ1) is 13.4. The largest absolute Gasteiger partial charge is 0.287 e. The van der Waals surface area contributed by atoms with Crippen molar-refractivity contribution in [2.45, 2.75) is 6.54 Å². The molecule has 0 aliphatic rings. The van der Waals surface area contributed by atoms with Crippen molar-refractivity contribution in [3.8, 4) is 0 Å². The van der Waals surface area contributed by atoms with E-state index in [9.17, 15) is 25.0 Å². The topological polar surface area (TPSA) is 134 Å². The molecule has 140 valence electrons. The highest BCUT2D eigenvalue weighted by atomic mass is 16.6. The summed E-state index contributed by atoms with van der Waals surface area (Å²) in [5.41, 5.74) is 1.06. The molecule has 0 spiro atoms. The molecule has 0 aliphatic heterocycles. The van der Waals surface area contributed by atoms with Gasteiger partial charge in [-0.15, -0.1) is 5.10 Å². The summed E-state index contributed by atoms with van der Waals surface area (Å²) in [7, 11) is 0. The standard InChI is InChI=1S/C18H13N5O5/c24-18(10-7-13-5-8-15(9-6-13)22(25)26)16-12-21(20-19-16)11-14-3-1-2-4-17(14)23(27)28/h1-10,12H,11H2. The number of benzene rings is 2. The summed E-state index contributed by atoms with van der Waals surface area (Å²) < 4.78 is 1.34. The minimum atomic E-state index is -0.506. The van der Waals surface area contributed by atoms with Gasteiger partial charge in [-0.3, -0.25) is 25.0 Å². The van der Waals surface area contributed by atoms with Crippen molar-refractivity contribution in [1.82, 2.24) is 15.0 Å². The lowest BCUT2D eigenvalue weighted by atomic mass is 10.1. The number of aromatic nitrogens is 3. The molecule has 0 amide bonds. The number of nitro benzene ring substituents is 2. The molecule has 28 heavy (non-hydrogen) atoms. The van der Waals surface area contributed by atoms with Gasteiger partial charge in [0.05, 0.1) is 28.2 Å². The summed E-state index contributed by atoms with van der Waals surface area (Å²) in [5.74, 6) is -0.410. The summed E-state index contributed by atoms with van der Waals surface area (Å²) >= 11 is 0. The molecule has 10 nitrogen and oxygen atoms in total. The van der Waals surface area contributed by atoms with Crippen molar-refractivity contribution in [2.24, 2.45) is 0 Å². The second kappa shape index (κ2) is 7.99. The van der Waals surface area contributed by atoms with Gasteiger partial charge < -0.3 is 0 Å². The van der Waals surface area contributed by atoms with Crippen LogP contribution in [0.15, 0.2) is 60.8 Å². The minimum absolute atomic E-state index is 0.0380. The molecule has 0 aliphatic carbocycles. The van der Waals surface area contributed by atoms with Crippen molar-refractivity contribution in [1.29, 1.82) is 0 Å². The first-order valence-corrected chi connectivity index (χ1v) is 8.03. The van der Waals surface area contributed by atoms with E-state index in [4.69, 9.17) is 0 Å². The van der Waals surface area contributed by atoms with Crippen molar-refractivity contribution in [3.63, 3.8) is 0 Å². The van der Waals surface area contributed by atoms with E-state index in [1.807, 2.05) is 0 Å². The van der Waals surface area contributed by atoms with Crippen LogP contribution in [0.1, 0.15) is 21.6 Å². The quantitative estimate of drug-likeness (QED) is 0.266. The van der Waals surface area contributed by atoms with Gasteiger partial charge in [0.2, 0.25) is 5.78 Å². The third-order valence-electron chi connectivity index (χ3n) is 3.84. The number of carbonyl (C=O) groups is 1. The highest BCUT2D eigenvalue weighted by Gasteiger charge is 2.14. The first-order valence-electron chi connectivity index (χ1n) is 8.03. The Bertz CT molecular complexity index is 1070.